The molecule has 10 heteroatoms. The maximum Gasteiger partial charge on any atom is 0.333 e. The van der Waals surface area contributed by atoms with Crippen molar-refractivity contribution in [2.24, 2.45) is 0 Å². The van der Waals surface area contributed by atoms with Gasteiger partial charge >= 0.3 is 5.69 Å². The van der Waals surface area contributed by atoms with Crippen molar-refractivity contribution in [3.63, 3.8) is 0 Å². The van der Waals surface area contributed by atoms with Crippen molar-refractivity contribution in [3.05, 3.63) is 81.7 Å². The molecule has 4 heterocycles. The molecule has 0 aliphatic carbocycles. The number of fused-ring (bicyclic) bond motifs is 2. The molecule has 3 aromatic heterocycles. The Morgan fingerprint density at radius 2 is 2.06 bits per heavy atom. The predicted molar refractivity (Wildman–Crippen MR) is 114 cm³/mol. The minimum absolute atomic E-state index is 0.213. The third-order valence-electron chi connectivity index (χ3n) is 5.31. The van der Waals surface area contributed by atoms with E-state index in [1.165, 1.54) is 16.7 Å². The molecular weight excluding hydrogens is 413 g/mol. The van der Waals surface area contributed by atoms with E-state index >= 15 is 0 Å². The van der Waals surface area contributed by atoms with Gasteiger partial charge in [-0.25, -0.2) is 23.7 Å². The van der Waals surface area contributed by atoms with Crippen LogP contribution in [-0.2, 0) is 6.54 Å². The molecule has 0 unspecified atom stereocenters. The van der Waals surface area contributed by atoms with Gasteiger partial charge in [0.1, 0.15) is 17.5 Å². The molecule has 0 bridgehead atoms. The summed E-state index contributed by atoms with van der Waals surface area (Å²) in [5.41, 5.74) is 1.74. The van der Waals surface area contributed by atoms with Gasteiger partial charge in [0.05, 0.1) is 22.7 Å². The number of pyridine rings is 2. The van der Waals surface area contributed by atoms with E-state index in [1.54, 1.807) is 36.5 Å². The number of amides is 1. The summed E-state index contributed by atoms with van der Waals surface area (Å²) in [4.78, 5) is 38.5. The molecule has 0 saturated heterocycles. The molecule has 9 nitrogen and oxygen atoms in total. The lowest BCUT2D eigenvalue weighted by molar-refractivity contribution is 0.0957. The molecule has 2 N–H and O–H groups in total. The fraction of sp³-hybridized carbons (Fsp3) is 0.136. The molecule has 0 atom stereocenters. The highest BCUT2D eigenvalue weighted by atomic mass is 19.1. The summed E-state index contributed by atoms with van der Waals surface area (Å²) < 4.78 is 15.0. The van der Waals surface area contributed by atoms with Crippen LogP contribution in [0.15, 0.2) is 53.5 Å². The van der Waals surface area contributed by atoms with Crippen LogP contribution in [0.5, 0.6) is 0 Å². The number of anilines is 1. The topological polar surface area (TPSA) is 120 Å². The maximum absolute atomic E-state index is 13.6. The van der Waals surface area contributed by atoms with Gasteiger partial charge in [-0.05, 0) is 42.0 Å². The summed E-state index contributed by atoms with van der Waals surface area (Å²) in [5, 5.41) is 12.2. The van der Waals surface area contributed by atoms with E-state index in [4.69, 9.17) is 0 Å². The van der Waals surface area contributed by atoms with Gasteiger partial charge < -0.3 is 10.2 Å². The van der Waals surface area contributed by atoms with Crippen LogP contribution in [0.1, 0.15) is 21.5 Å². The van der Waals surface area contributed by atoms with Crippen LogP contribution >= 0.6 is 0 Å². The van der Waals surface area contributed by atoms with Gasteiger partial charge in [0.2, 0.25) is 0 Å². The largest absolute Gasteiger partial charge is 0.350 e. The lowest BCUT2D eigenvalue weighted by Gasteiger charge is -2.24. The fourth-order valence-electron chi connectivity index (χ4n) is 3.80. The van der Waals surface area contributed by atoms with Crippen molar-refractivity contribution >= 4 is 22.9 Å². The summed E-state index contributed by atoms with van der Waals surface area (Å²) in [6.45, 7) is 1.03. The monoisotopic (exact) mass is 429 g/mol. The average Bonchev–Trinajstić information content (AvgIpc) is 3.06. The summed E-state index contributed by atoms with van der Waals surface area (Å²) >= 11 is 0. The Bertz CT molecular complexity index is 1470. The third kappa shape index (κ3) is 3.26. The van der Waals surface area contributed by atoms with E-state index in [9.17, 15) is 19.2 Å². The van der Waals surface area contributed by atoms with Crippen LogP contribution in [0.25, 0.3) is 17.0 Å². The first kappa shape index (κ1) is 19.4. The number of nitrogens with zero attached hydrogens (tertiary/aromatic N) is 5. The van der Waals surface area contributed by atoms with Crippen LogP contribution < -0.4 is 15.9 Å². The predicted octanol–water partition coefficient (Wildman–Crippen LogP) is 1.87. The number of benzene rings is 1. The second-order valence-corrected chi connectivity index (χ2v) is 7.27. The minimum Gasteiger partial charge on any atom is -0.350 e. The highest BCUT2D eigenvalue weighted by Crippen LogP contribution is 2.25. The zero-order valence-electron chi connectivity index (χ0n) is 16.7. The van der Waals surface area contributed by atoms with E-state index in [0.29, 0.717) is 47.0 Å². The number of hydrogen-bond donors (Lipinski definition) is 2. The molecule has 1 aromatic carbocycles. The minimum atomic E-state index is -0.494. The molecule has 32 heavy (non-hydrogen) atoms. The summed E-state index contributed by atoms with van der Waals surface area (Å²) in [7, 11) is 0. The van der Waals surface area contributed by atoms with Crippen LogP contribution in [0.3, 0.4) is 0 Å². The average molecular weight is 429 g/mol. The number of carbonyl (C=O) groups is 1. The van der Waals surface area contributed by atoms with Gasteiger partial charge in [-0.15, -0.1) is 0 Å². The number of halogens is 1. The van der Waals surface area contributed by atoms with Gasteiger partial charge in [0, 0.05) is 25.8 Å². The second-order valence-electron chi connectivity index (χ2n) is 7.27. The highest BCUT2D eigenvalue weighted by molar-refractivity contribution is 5.99. The molecule has 1 aliphatic heterocycles. The number of hydrogen-bond acceptors (Lipinski definition) is 6. The highest BCUT2D eigenvalue weighted by Gasteiger charge is 2.24. The number of rotatable bonds is 3. The lowest BCUT2D eigenvalue weighted by atomic mass is 10.1. The zero-order chi connectivity index (χ0) is 22.2. The van der Waals surface area contributed by atoms with Gasteiger partial charge in [0.15, 0.2) is 5.65 Å². The Kier molecular flexibility index (Phi) is 4.63. The first-order valence-electron chi connectivity index (χ1n) is 9.84. The van der Waals surface area contributed by atoms with Gasteiger partial charge in [-0.3, -0.25) is 9.78 Å². The number of carbonyl (C=O) groups excluding carboxylic acids is 1. The Morgan fingerprint density at radius 1 is 1.19 bits per heavy atom. The third-order valence-corrected chi connectivity index (χ3v) is 5.31. The van der Waals surface area contributed by atoms with Crippen molar-refractivity contribution < 1.29 is 9.18 Å². The molecule has 5 rings (SSSR count). The van der Waals surface area contributed by atoms with Crippen molar-refractivity contribution in [2.75, 3.05) is 18.0 Å². The van der Waals surface area contributed by atoms with E-state index in [1.807, 2.05) is 11.0 Å². The van der Waals surface area contributed by atoms with E-state index in [0.717, 1.165) is 0 Å². The maximum atomic E-state index is 13.6. The number of nitrogens with one attached hydrogen (secondary N) is 2. The first-order valence-corrected chi connectivity index (χ1v) is 9.84. The van der Waals surface area contributed by atoms with E-state index in [-0.39, 0.29) is 18.0 Å². The number of nitriles is 1. The molecule has 1 amide bonds. The molecule has 0 spiro atoms. The molecule has 0 saturated carbocycles. The number of H-pyrrole nitrogens is 1. The lowest BCUT2D eigenvalue weighted by Crippen LogP contribution is -2.30. The van der Waals surface area contributed by atoms with Crippen LogP contribution in [0, 0.1) is 17.1 Å². The summed E-state index contributed by atoms with van der Waals surface area (Å²) in [6, 6.07) is 12.7. The summed E-state index contributed by atoms with van der Waals surface area (Å²) in [6.07, 6.45) is 1.58. The molecular formula is C22H16FN7O2. The smallest absolute Gasteiger partial charge is 0.333 e. The molecule has 1 aliphatic rings. The van der Waals surface area contributed by atoms with E-state index < -0.39 is 11.5 Å². The molecule has 0 radical (unpaired) electrons. The van der Waals surface area contributed by atoms with Gasteiger partial charge in [-0.1, -0.05) is 6.07 Å². The molecule has 0 fully saturated rings. The summed E-state index contributed by atoms with van der Waals surface area (Å²) in [5.74, 6) is -0.0802. The Labute approximate surface area is 180 Å². The molecule has 4 aromatic rings. The standard InChI is InChI=1S/C22H16FN7O2/c23-15-4-3-13(14(10-15)11-24)12-29-9-8-26-21(31)16-5-6-18(27-20(16)29)30-17-2-1-7-25-19(17)28-22(30)32/h1-7,10H,8-9,12H2,(H,26,31)(H,25,28,32). The number of aromatic nitrogens is 4. The Balaban J connectivity index is 1.64. The Hall–Kier alpha value is -4.52. The first-order chi connectivity index (χ1) is 15.5. The Morgan fingerprint density at radius 3 is 2.91 bits per heavy atom. The molecule has 158 valence electrons. The van der Waals surface area contributed by atoms with Crippen molar-refractivity contribution in [3.8, 4) is 11.9 Å². The van der Waals surface area contributed by atoms with Crippen LogP contribution in [0.4, 0.5) is 10.2 Å². The number of imidazole rings is 1. The van der Waals surface area contributed by atoms with Crippen molar-refractivity contribution in [1.82, 2.24) is 24.8 Å². The van der Waals surface area contributed by atoms with E-state index in [2.05, 4.69) is 20.3 Å². The van der Waals surface area contributed by atoms with Crippen LogP contribution in [-0.4, -0.2) is 38.5 Å². The quantitative estimate of drug-likeness (QED) is 0.513. The zero-order valence-corrected chi connectivity index (χ0v) is 16.7. The fourth-order valence-corrected chi connectivity index (χ4v) is 3.80. The SMILES string of the molecule is N#Cc1cc(F)ccc1CN1CCNC(=O)c2ccc(-n3c(=O)[nH]c4ncccc43)nc21. The van der Waals surface area contributed by atoms with Crippen LogP contribution in [0.2, 0.25) is 0 Å². The van der Waals surface area contributed by atoms with Gasteiger partial charge in [0.25, 0.3) is 5.91 Å². The second kappa shape index (κ2) is 7.63. The normalized spacial score (nSPS) is 13.4. The number of aromatic amines is 1. The van der Waals surface area contributed by atoms with Crippen molar-refractivity contribution in [2.45, 2.75) is 6.54 Å². The van der Waals surface area contributed by atoms with Gasteiger partial charge in [-0.2, -0.15) is 5.26 Å². The van der Waals surface area contributed by atoms with Crippen molar-refractivity contribution in [1.29, 1.82) is 5.26 Å².